The van der Waals surface area contributed by atoms with Crippen molar-refractivity contribution in [1.29, 1.82) is 0 Å². The Morgan fingerprint density at radius 3 is 3.06 bits per heavy atom. The van der Waals surface area contributed by atoms with Gasteiger partial charge in [0, 0.05) is 39.5 Å². The molecule has 1 saturated heterocycles. The third-order valence-corrected chi connectivity index (χ3v) is 3.00. The van der Waals surface area contributed by atoms with E-state index in [0.717, 1.165) is 38.3 Å². The molecule has 1 aliphatic heterocycles. The lowest BCUT2D eigenvalue weighted by Crippen LogP contribution is -2.26. The highest BCUT2D eigenvalue weighted by molar-refractivity contribution is 4.90. The van der Waals surface area contributed by atoms with Crippen LogP contribution in [0, 0.1) is 0 Å². The molecule has 6 heteroatoms. The van der Waals surface area contributed by atoms with Gasteiger partial charge in [0.2, 0.25) is 0 Å². The Hall–Kier alpha value is -0.980. The van der Waals surface area contributed by atoms with Gasteiger partial charge in [0.15, 0.2) is 0 Å². The summed E-state index contributed by atoms with van der Waals surface area (Å²) in [4.78, 5) is 2.39. The topological polar surface area (TPSA) is 69.2 Å². The smallest absolute Gasteiger partial charge is 0.0962 e. The van der Waals surface area contributed by atoms with Crippen LogP contribution in [-0.4, -0.2) is 52.7 Å². The first-order valence-electron chi connectivity index (χ1n) is 5.66. The van der Waals surface area contributed by atoms with Gasteiger partial charge >= 0.3 is 0 Å². The molecule has 2 rings (SSSR count). The number of aromatic nitrogens is 3. The lowest BCUT2D eigenvalue weighted by Gasteiger charge is -2.14. The highest BCUT2D eigenvalue weighted by Crippen LogP contribution is 2.11. The zero-order valence-electron chi connectivity index (χ0n) is 9.67. The Morgan fingerprint density at radius 1 is 1.56 bits per heavy atom. The second-order valence-electron chi connectivity index (χ2n) is 4.12. The van der Waals surface area contributed by atoms with E-state index in [1.807, 2.05) is 10.9 Å². The van der Waals surface area contributed by atoms with E-state index in [9.17, 15) is 0 Å². The van der Waals surface area contributed by atoms with Gasteiger partial charge in [-0.25, -0.2) is 0 Å². The molecule has 90 valence electrons. The summed E-state index contributed by atoms with van der Waals surface area (Å²) in [6.45, 7) is 4.44. The van der Waals surface area contributed by atoms with E-state index in [1.165, 1.54) is 0 Å². The Bertz CT molecular complexity index is 327. The molecule has 1 aromatic heterocycles. The summed E-state index contributed by atoms with van der Waals surface area (Å²) in [6, 6.07) is 0. The minimum atomic E-state index is 0.398. The first kappa shape index (κ1) is 11.5. The molecule has 0 aromatic carbocycles. The molecule has 2 N–H and O–H groups in total. The van der Waals surface area contributed by atoms with Crippen LogP contribution in [0.1, 0.15) is 12.1 Å². The normalized spacial score (nSPS) is 21.8. The number of ether oxygens (including phenoxy) is 1. The number of rotatable bonds is 5. The largest absolute Gasteiger partial charge is 0.380 e. The summed E-state index contributed by atoms with van der Waals surface area (Å²) < 4.78 is 7.17. The summed E-state index contributed by atoms with van der Waals surface area (Å²) in [6.07, 6.45) is 3.43. The molecule has 0 amide bonds. The van der Waals surface area contributed by atoms with Crippen molar-refractivity contribution in [2.45, 2.75) is 25.6 Å². The molecule has 0 aliphatic carbocycles. The lowest BCUT2D eigenvalue weighted by molar-refractivity contribution is 0.107. The Balaban J connectivity index is 1.75. The predicted octanol–water partition coefficient (Wildman–Crippen LogP) is -0.542. The fourth-order valence-electron chi connectivity index (χ4n) is 1.98. The van der Waals surface area contributed by atoms with E-state index in [-0.39, 0.29) is 0 Å². The van der Waals surface area contributed by atoms with Gasteiger partial charge in [-0.05, 0) is 6.42 Å². The molecule has 6 nitrogen and oxygen atoms in total. The van der Waals surface area contributed by atoms with Gasteiger partial charge < -0.3 is 10.5 Å². The van der Waals surface area contributed by atoms with Gasteiger partial charge in [-0.1, -0.05) is 5.21 Å². The lowest BCUT2D eigenvalue weighted by atomic mass is 10.3. The molecule has 0 saturated carbocycles. The molecule has 2 heterocycles. The highest BCUT2D eigenvalue weighted by atomic mass is 16.5. The van der Waals surface area contributed by atoms with Crippen molar-refractivity contribution >= 4 is 0 Å². The summed E-state index contributed by atoms with van der Waals surface area (Å²) in [5.74, 6) is 0. The molecule has 1 aromatic rings. The van der Waals surface area contributed by atoms with Gasteiger partial charge in [0.1, 0.15) is 0 Å². The van der Waals surface area contributed by atoms with E-state index < -0.39 is 0 Å². The van der Waals surface area contributed by atoms with E-state index in [0.29, 0.717) is 12.6 Å². The number of methoxy groups -OCH3 is 1. The van der Waals surface area contributed by atoms with Crippen LogP contribution in [0.25, 0.3) is 0 Å². The standard InChI is InChI=1S/C10H19N5O/c1-16-10-2-3-14(8-10)4-5-15-7-9(6-11)12-13-15/h7,10H,2-6,8,11H2,1H3. The Labute approximate surface area is 95.4 Å². The van der Waals surface area contributed by atoms with Crippen LogP contribution < -0.4 is 5.73 Å². The Kier molecular flexibility index (Phi) is 3.87. The van der Waals surface area contributed by atoms with E-state index in [4.69, 9.17) is 10.5 Å². The molecule has 1 atom stereocenters. The second kappa shape index (κ2) is 5.38. The number of nitrogens with zero attached hydrogens (tertiary/aromatic N) is 4. The SMILES string of the molecule is COC1CCN(CCn2cc(CN)nn2)C1. The van der Waals surface area contributed by atoms with Crippen LogP contribution in [-0.2, 0) is 17.8 Å². The molecular weight excluding hydrogens is 206 g/mol. The van der Waals surface area contributed by atoms with E-state index in [2.05, 4.69) is 15.2 Å². The number of hydrogen-bond donors (Lipinski definition) is 1. The van der Waals surface area contributed by atoms with Gasteiger partial charge in [-0.2, -0.15) is 0 Å². The molecule has 16 heavy (non-hydrogen) atoms. The monoisotopic (exact) mass is 225 g/mol. The van der Waals surface area contributed by atoms with Crippen molar-refractivity contribution in [3.8, 4) is 0 Å². The van der Waals surface area contributed by atoms with Crippen molar-refractivity contribution in [3.05, 3.63) is 11.9 Å². The number of nitrogens with two attached hydrogens (primary N) is 1. The molecular formula is C10H19N5O. The summed E-state index contributed by atoms with van der Waals surface area (Å²) >= 11 is 0. The Morgan fingerprint density at radius 2 is 2.44 bits per heavy atom. The van der Waals surface area contributed by atoms with E-state index >= 15 is 0 Å². The van der Waals surface area contributed by atoms with Gasteiger partial charge in [0.05, 0.1) is 18.3 Å². The quantitative estimate of drug-likeness (QED) is 0.728. The van der Waals surface area contributed by atoms with Crippen molar-refractivity contribution in [3.63, 3.8) is 0 Å². The van der Waals surface area contributed by atoms with E-state index in [1.54, 1.807) is 7.11 Å². The maximum absolute atomic E-state index is 5.47. The van der Waals surface area contributed by atoms with Crippen molar-refractivity contribution < 1.29 is 4.74 Å². The molecule has 0 radical (unpaired) electrons. The van der Waals surface area contributed by atoms with Gasteiger partial charge in [0.25, 0.3) is 0 Å². The maximum atomic E-state index is 5.47. The van der Waals surface area contributed by atoms with Crippen LogP contribution in [0.15, 0.2) is 6.20 Å². The third kappa shape index (κ3) is 2.78. The first-order valence-corrected chi connectivity index (χ1v) is 5.66. The van der Waals surface area contributed by atoms with Crippen LogP contribution in [0.5, 0.6) is 0 Å². The molecule has 0 spiro atoms. The third-order valence-electron chi connectivity index (χ3n) is 3.00. The first-order chi connectivity index (χ1) is 7.81. The average molecular weight is 225 g/mol. The average Bonchev–Trinajstić information content (AvgIpc) is 2.95. The fraction of sp³-hybridized carbons (Fsp3) is 0.800. The van der Waals surface area contributed by atoms with Crippen LogP contribution in [0.2, 0.25) is 0 Å². The minimum absolute atomic E-state index is 0.398. The van der Waals surface area contributed by atoms with Crippen LogP contribution in [0.4, 0.5) is 0 Å². The molecule has 1 aliphatic rings. The highest BCUT2D eigenvalue weighted by Gasteiger charge is 2.21. The minimum Gasteiger partial charge on any atom is -0.380 e. The zero-order valence-corrected chi connectivity index (χ0v) is 9.67. The summed E-state index contributed by atoms with van der Waals surface area (Å²) in [5.41, 5.74) is 6.32. The van der Waals surface area contributed by atoms with Gasteiger partial charge in [-0.3, -0.25) is 9.58 Å². The summed E-state index contributed by atoms with van der Waals surface area (Å²) in [7, 11) is 1.78. The van der Waals surface area contributed by atoms with Crippen LogP contribution >= 0.6 is 0 Å². The van der Waals surface area contributed by atoms with Gasteiger partial charge in [-0.15, -0.1) is 5.10 Å². The summed E-state index contributed by atoms with van der Waals surface area (Å²) in [5, 5.41) is 7.97. The maximum Gasteiger partial charge on any atom is 0.0962 e. The van der Waals surface area contributed by atoms with Crippen molar-refractivity contribution in [2.24, 2.45) is 5.73 Å². The molecule has 1 fully saturated rings. The second-order valence-corrected chi connectivity index (χ2v) is 4.12. The fourth-order valence-corrected chi connectivity index (χ4v) is 1.98. The molecule has 1 unspecified atom stereocenters. The molecule has 0 bridgehead atoms. The van der Waals surface area contributed by atoms with Crippen LogP contribution in [0.3, 0.4) is 0 Å². The predicted molar refractivity (Wildman–Crippen MR) is 59.8 cm³/mol. The van der Waals surface area contributed by atoms with Crippen molar-refractivity contribution in [1.82, 2.24) is 19.9 Å². The number of likely N-dealkylation sites (tertiary alicyclic amines) is 1. The van der Waals surface area contributed by atoms with Crippen molar-refractivity contribution in [2.75, 3.05) is 26.7 Å². The number of hydrogen-bond acceptors (Lipinski definition) is 5. The zero-order chi connectivity index (χ0) is 11.4.